The van der Waals surface area contributed by atoms with Crippen LogP contribution in [0.15, 0.2) is 53.3 Å². The predicted molar refractivity (Wildman–Crippen MR) is 127 cm³/mol. The third-order valence-corrected chi connectivity index (χ3v) is 5.92. The van der Waals surface area contributed by atoms with Gasteiger partial charge in [-0.15, -0.1) is 5.10 Å². The summed E-state index contributed by atoms with van der Waals surface area (Å²) in [6, 6.07) is 16.0. The highest BCUT2D eigenvalue weighted by Gasteiger charge is 2.19. The highest BCUT2D eigenvalue weighted by Crippen LogP contribution is 2.30. The number of nitrogens with one attached hydrogen (secondary N) is 1. The van der Waals surface area contributed by atoms with Crippen LogP contribution in [0, 0.1) is 0 Å². The molecule has 0 aliphatic carbocycles. The van der Waals surface area contributed by atoms with Gasteiger partial charge in [0.25, 0.3) is 0 Å². The van der Waals surface area contributed by atoms with Gasteiger partial charge in [-0.25, -0.2) is 14.3 Å². The van der Waals surface area contributed by atoms with Gasteiger partial charge >= 0.3 is 5.69 Å². The maximum Gasteiger partial charge on any atom is 0.328 e. The van der Waals surface area contributed by atoms with Gasteiger partial charge in [-0.2, -0.15) is 0 Å². The third-order valence-electron chi connectivity index (χ3n) is 5.92. The zero-order chi connectivity index (χ0) is 23.2. The van der Waals surface area contributed by atoms with Crippen LogP contribution in [0.4, 0.5) is 4.39 Å². The van der Waals surface area contributed by atoms with Gasteiger partial charge in [0, 0.05) is 17.8 Å². The SMILES string of the molecule is CCCCc1c(CF)n(CCC)c(=O)n1Cc1ccc(-c2ccccc2-c2nnn[nH]2)cc1. The molecule has 0 spiro atoms. The molecule has 0 radical (unpaired) electrons. The Kier molecular flexibility index (Phi) is 7.12. The van der Waals surface area contributed by atoms with Crippen LogP contribution >= 0.6 is 0 Å². The number of imidazole rings is 1. The van der Waals surface area contributed by atoms with Crippen LogP contribution in [0.3, 0.4) is 0 Å². The summed E-state index contributed by atoms with van der Waals surface area (Å²) in [5.74, 6) is 0.609. The molecule has 0 saturated carbocycles. The molecule has 0 fully saturated rings. The Balaban J connectivity index is 1.66. The van der Waals surface area contributed by atoms with Crippen molar-refractivity contribution in [3.8, 4) is 22.5 Å². The van der Waals surface area contributed by atoms with Gasteiger partial charge in [-0.3, -0.25) is 9.13 Å². The van der Waals surface area contributed by atoms with E-state index in [1.54, 1.807) is 9.13 Å². The Bertz CT molecular complexity index is 1240. The number of aromatic nitrogens is 6. The lowest BCUT2D eigenvalue weighted by molar-refractivity contribution is 0.449. The van der Waals surface area contributed by atoms with Crippen molar-refractivity contribution in [3.05, 3.63) is 76.0 Å². The lowest BCUT2D eigenvalue weighted by Crippen LogP contribution is -2.26. The zero-order valence-electron chi connectivity index (χ0n) is 19.1. The van der Waals surface area contributed by atoms with Crippen molar-refractivity contribution >= 4 is 0 Å². The maximum atomic E-state index is 13.9. The summed E-state index contributed by atoms with van der Waals surface area (Å²) in [7, 11) is 0. The van der Waals surface area contributed by atoms with E-state index in [4.69, 9.17) is 0 Å². The molecule has 4 aromatic rings. The summed E-state index contributed by atoms with van der Waals surface area (Å²) in [6.07, 6.45) is 3.42. The van der Waals surface area contributed by atoms with Crippen LogP contribution in [-0.4, -0.2) is 29.8 Å². The normalized spacial score (nSPS) is 11.2. The number of alkyl halides is 1. The zero-order valence-corrected chi connectivity index (χ0v) is 19.1. The minimum absolute atomic E-state index is 0.122. The van der Waals surface area contributed by atoms with Crippen LogP contribution in [0.2, 0.25) is 0 Å². The first kappa shape index (κ1) is 22.6. The number of H-pyrrole nitrogens is 1. The molecule has 0 unspecified atom stereocenters. The van der Waals surface area contributed by atoms with Crippen LogP contribution in [0.25, 0.3) is 22.5 Å². The number of benzene rings is 2. The third kappa shape index (κ3) is 4.65. The van der Waals surface area contributed by atoms with Crippen LogP contribution in [-0.2, 0) is 26.2 Å². The van der Waals surface area contributed by atoms with Crippen molar-refractivity contribution in [2.24, 2.45) is 0 Å². The number of tetrazole rings is 1. The molecule has 0 saturated heterocycles. The Labute approximate surface area is 192 Å². The maximum absolute atomic E-state index is 13.9. The molecule has 172 valence electrons. The van der Waals surface area contributed by atoms with Crippen LogP contribution in [0.1, 0.15) is 50.1 Å². The van der Waals surface area contributed by atoms with Crippen molar-refractivity contribution < 1.29 is 4.39 Å². The fourth-order valence-corrected chi connectivity index (χ4v) is 4.27. The summed E-state index contributed by atoms with van der Waals surface area (Å²) in [5, 5.41) is 14.2. The minimum atomic E-state index is -0.618. The molecule has 7 nitrogen and oxygen atoms in total. The second-order valence-corrected chi connectivity index (χ2v) is 8.14. The molecular weight excluding hydrogens is 419 g/mol. The molecule has 2 heterocycles. The van der Waals surface area contributed by atoms with E-state index in [2.05, 4.69) is 27.5 Å². The van der Waals surface area contributed by atoms with Gasteiger partial charge in [-0.1, -0.05) is 68.8 Å². The molecule has 0 aliphatic rings. The van der Waals surface area contributed by atoms with E-state index in [9.17, 15) is 9.18 Å². The van der Waals surface area contributed by atoms with Crippen molar-refractivity contribution in [2.45, 2.75) is 59.3 Å². The number of hydrogen-bond acceptors (Lipinski definition) is 4. The topological polar surface area (TPSA) is 81.4 Å². The largest absolute Gasteiger partial charge is 0.328 e. The number of aromatic amines is 1. The lowest BCUT2D eigenvalue weighted by Gasteiger charge is -2.11. The van der Waals surface area contributed by atoms with Gasteiger partial charge in [0.2, 0.25) is 0 Å². The number of unbranched alkanes of at least 4 members (excludes halogenated alkanes) is 1. The number of hydrogen-bond donors (Lipinski definition) is 1. The first-order valence-corrected chi connectivity index (χ1v) is 11.5. The number of rotatable bonds is 10. The molecular formula is C25H29FN6O. The summed E-state index contributed by atoms with van der Waals surface area (Å²) in [6.45, 7) is 4.45. The average molecular weight is 449 g/mol. The van der Waals surface area contributed by atoms with Crippen LogP contribution in [0.5, 0.6) is 0 Å². The molecule has 2 aromatic heterocycles. The molecule has 4 rings (SSSR count). The van der Waals surface area contributed by atoms with E-state index in [0.717, 1.165) is 47.2 Å². The Morgan fingerprint density at radius 3 is 2.33 bits per heavy atom. The molecule has 33 heavy (non-hydrogen) atoms. The predicted octanol–water partition coefficient (Wildman–Crippen LogP) is 4.77. The Morgan fingerprint density at radius 2 is 1.70 bits per heavy atom. The molecule has 2 aromatic carbocycles. The summed E-state index contributed by atoms with van der Waals surface area (Å²) in [5.41, 5.74) is 5.18. The van der Waals surface area contributed by atoms with E-state index in [-0.39, 0.29) is 5.69 Å². The fraction of sp³-hybridized carbons (Fsp3) is 0.360. The van der Waals surface area contributed by atoms with Crippen molar-refractivity contribution in [2.75, 3.05) is 0 Å². The average Bonchev–Trinajstić information content (AvgIpc) is 3.47. The monoisotopic (exact) mass is 448 g/mol. The highest BCUT2D eigenvalue weighted by atomic mass is 19.1. The van der Waals surface area contributed by atoms with E-state index >= 15 is 0 Å². The first-order valence-electron chi connectivity index (χ1n) is 11.5. The standard InChI is InChI=1S/C25H29FN6O/c1-3-5-10-22-23(16-26)31(15-4-2)25(33)32(22)17-18-11-13-19(14-12-18)20-8-6-7-9-21(20)24-27-29-30-28-24/h6-9,11-14H,3-5,10,15-17H2,1-2H3,(H,27,28,29,30). The smallest absolute Gasteiger partial charge is 0.293 e. The Morgan fingerprint density at radius 1 is 0.939 bits per heavy atom. The second-order valence-electron chi connectivity index (χ2n) is 8.14. The van der Waals surface area contributed by atoms with E-state index in [1.807, 2.05) is 55.5 Å². The van der Waals surface area contributed by atoms with Gasteiger partial charge in [0.1, 0.15) is 6.67 Å². The lowest BCUT2D eigenvalue weighted by atomic mass is 9.98. The molecule has 8 heteroatoms. The Hall–Kier alpha value is -3.55. The van der Waals surface area contributed by atoms with Crippen molar-refractivity contribution in [3.63, 3.8) is 0 Å². The molecule has 0 bridgehead atoms. The van der Waals surface area contributed by atoms with E-state index in [1.165, 1.54) is 0 Å². The highest BCUT2D eigenvalue weighted by molar-refractivity contribution is 5.80. The first-order chi connectivity index (χ1) is 16.2. The fourth-order valence-electron chi connectivity index (χ4n) is 4.27. The van der Waals surface area contributed by atoms with Crippen molar-refractivity contribution in [1.29, 1.82) is 0 Å². The molecule has 0 amide bonds. The number of nitrogens with zero attached hydrogens (tertiary/aromatic N) is 5. The summed E-state index contributed by atoms with van der Waals surface area (Å²) in [4.78, 5) is 13.1. The minimum Gasteiger partial charge on any atom is -0.293 e. The quantitative estimate of drug-likeness (QED) is 0.379. The van der Waals surface area contributed by atoms with E-state index < -0.39 is 6.67 Å². The van der Waals surface area contributed by atoms with Gasteiger partial charge < -0.3 is 0 Å². The molecule has 0 aliphatic heterocycles. The van der Waals surface area contributed by atoms with Crippen LogP contribution < -0.4 is 5.69 Å². The summed E-state index contributed by atoms with van der Waals surface area (Å²) >= 11 is 0. The number of halogens is 1. The molecule has 1 N–H and O–H groups in total. The van der Waals surface area contributed by atoms with Crippen molar-refractivity contribution in [1.82, 2.24) is 29.8 Å². The van der Waals surface area contributed by atoms with Gasteiger partial charge in [-0.05, 0) is 46.4 Å². The summed E-state index contributed by atoms with van der Waals surface area (Å²) < 4.78 is 17.3. The second kappa shape index (κ2) is 10.4. The van der Waals surface area contributed by atoms with Gasteiger partial charge in [0.15, 0.2) is 5.82 Å². The van der Waals surface area contributed by atoms with Gasteiger partial charge in [0.05, 0.1) is 12.2 Å². The van der Waals surface area contributed by atoms with E-state index in [0.29, 0.717) is 31.0 Å². The molecule has 0 atom stereocenters.